The topological polar surface area (TPSA) is 33.5 Å². The number of hydrogen-bond acceptors (Lipinski definition) is 2. The number of amides is 1. The number of carbonyl (C=O) groups is 1. The Morgan fingerprint density at radius 1 is 1.24 bits per heavy atom. The van der Waals surface area contributed by atoms with Gasteiger partial charge < -0.3 is 9.32 Å². The molecule has 1 aromatic carbocycles. The van der Waals surface area contributed by atoms with Crippen molar-refractivity contribution >= 4 is 5.91 Å². The van der Waals surface area contributed by atoms with E-state index >= 15 is 0 Å². The van der Waals surface area contributed by atoms with Gasteiger partial charge in [0, 0.05) is 12.6 Å². The first kappa shape index (κ1) is 13.9. The van der Waals surface area contributed by atoms with Gasteiger partial charge in [0.15, 0.2) is 5.76 Å². The van der Waals surface area contributed by atoms with E-state index in [1.165, 1.54) is 6.07 Å². The highest BCUT2D eigenvalue weighted by molar-refractivity contribution is 5.92. The number of halogens is 1. The van der Waals surface area contributed by atoms with Crippen LogP contribution in [0.4, 0.5) is 4.39 Å². The predicted molar refractivity (Wildman–Crippen MR) is 78.5 cm³/mol. The van der Waals surface area contributed by atoms with Crippen LogP contribution in [0.15, 0.2) is 40.8 Å². The number of furan rings is 1. The Labute approximate surface area is 123 Å². The molecule has 0 aliphatic carbocycles. The first-order valence-electron chi connectivity index (χ1n) is 7.32. The summed E-state index contributed by atoms with van der Waals surface area (Å²) in [4.78, 5) is 14.3. The van der Waals surface area contributed by atoms with Crippen molar-refractivity contribution in [3.8, 4) is 11.3 Å². The molecular weight excluding hydrogens is 269 g/mol. The number of hydrogen-bond donors (Lipinski definition) is 0. The van der Waals surface area contributed by atoms with Crippen LogP contribution < -0.4 is 0 Å². The molecule has 1 aromatic heterocycles. The van der Waals surface area contributed by atoms with E-state index in [1.54, 1.807) is 30.3 Å². The minimum atomic E-state index is -0.350. The Hall–Kier alpha value is -2.10. The third-order valence-electron chi connectivity index (χ3n) is 4.02. The first-order valence-corrected chi connectivity index (χ1v) is 7.32. The van der Waals surface area contributed by atoms with Gasteiger partial charge in [-0.05, 0) is 50.5 Å². The second kappa shape index (κ2) is 5.72. The molecule has 21 heavy (non-hydrogen) atoms. The molecule has 1 saturated heterocycles. The predicted octanol–water partition coefficient (Wildman–Crippen LogP) is 4.10. The van der Waals surface area contributed by atoms with E-state index in [0.29, 0.717) is 11.3 Å². The van der Waals surface area contributed by atoms with Crippen LogP contribution in [0.2, 0.25) is 0 Å². The van der Waals surface area contributed by atoms with Gasteiger partial charge >= 0.3 is 0 Å². The number of rotatable bonds is 2. The van der Waals surface area contributed by atoms with Crippen molar-refractivity contribution in [3.63, 3.8) is 0 Å². The van der Waals surface area contributed by atoms with Gasteiger partial charge in [0.05, 0.1) is 5.56 Å². The molecule has 110 valence electrons. The summed E-state index contributed by atoms with van der Waals surface area (Å²) in [5.41, 5.74) is 0.378. The molecule has 0 radical (unpaired) electrons. The zero-order chi connectivity index (χ0) is 14.8. The molecule has 2 heterocycles. The third-order valence-corrected chi connectivity index (χ3v) is 4.02. The molecule has 1 aliphatic heterocycles. The van der Waals surface area contributed by atoms with Crippen LogP contribution in [0.25, 0.3) is 11.3 Å². The van der Waals surface area contributed by atoms with Gasteiger partial charge in [-0.25, -0.2) is 4.39 Å². The number of likely N-dealkylation sites (tertiary alicyclic amines) is 1. The molecule has 0 N–H and O–H groups in total. The Morgan fingerprint density at radius 2 is 2.05 bits per heavy atom. The standard InChI is InChI=1S/C17H18FNO2/c1-12-6-4-5-11-19(12)17(20)16-10-9-15(21-16)13-7-2-3-8-14(13)18/h2-3,7-10,12H,4-6,11H2,1H3. The van der Waals surface area contributed by atoms with E-state index in [9.17, 15) is 9.18 Å². The lowest BCUT2D eigenvalue weighted by molar-refractivity contribution is 0.0604. The van der Waals surface area contributed by atoms with Gasteiger partial charge in [-0.2, -0.15) is 0 Å². The van der Waals surface area contributed by atoms with Crippen LogP contribution in [0.5, 0.6) is 0 Å². The van der Waals surface area contributed by atoms with E-state index < -0.39 is 0 Å². The van der Waals surface area contributed by atoms with Gasteiger partial charge in [0.1, 0.15) is 11.6 Å². The fourth-order valence-electron chi connectivity index (χ4n) is 2.80. The summed E-state index contributed by atoms with van der Waals surface area (Å²) in [5, 5.41) is 0. The van der Waals surface area contributed by atoms with Gasteiger partial charge in [-0.3, -0.25) is 4.79 Å². The molecule has 1 fully saturated rings. The third kappa shape index (κ3) is 2.71. The van der Waals surface area contributed by atoms with E-state index in [-0.39, 0.29) is 23.5 Å². The summed E-state index contributed by atoms with van der Waals surface area (Å²) in [6.07, 6.45) is 3.20. The maximum atomic E-state index is 13.7. The lowest BCUT2D eigenvalue weighted by atomic mass is 10.0. The maximum absolute atomic E-state index is 13.7. The molecular formula is C17H18FNO2. The lowest BCUT2D eigenvalue weighted by Crippen LogP contribution is -2.41. The van der Waals surface area contributed by atoms with E-state index in [4.69, 9.17) is 4.42 Å². The maximum Gasteiger partial charge on any atom is 0.289 e. The molecule has 0 bridgehead atoms. The number of benzene rings is 1. The molecule has 0 spiro atoms. The van der Waals surface area contributed by atoms with Crippen molar-refractivity contribution in [3.05, 3.63) is 48.0 Å². The minimum absolute atomic E-state index is 0.107. The SMILES string of the molecule is CC1CCCCN1C(=O)c1ccc(-c2ccccc2F)o1. The fourth-order valence-corrected chi connectivity index (χ4v) is 2.80. The molecule has 1 aliphatic rings. The molecule has 1 amide bonds. The van der Waals surface area contributed by atoms with E-state index in [1.807, 2.05) is 4.90 Å². The molecule has 3 nitrogen and oxygen atoms in total. The highest BCUT2D eigenvalue weighted by Gasteiger charge is 2.26. The highest BCUT2D eigenvalue weighted by Crippen LogP contribution is 2.26. The lowest BCUT2D eigenvalue weighted by Gasteiger charge is -2.32. The zero-order valence-electron chi connectivity index (χ0n) is 12.0. The number of carbonyl (C=O) groups excluding carboxylic acids is 1. The Kier molecular flexibility index (Phi) is 3.78. The van der Waals surface area contributed by atoms with Crippen molar-refractivity contribution in [1.82, 2.24) is 4.90 Å². The van der Waals surface area contributed by atoms with Gasteiger partial charge in [-0.1, -0.05) is 12.1 Å². The van der Waals surface area contributed by atoms with Crippen LogP contribution in [-0.4, -0.2) is 23.4 Å². The van der Waals surface area contributed by atoms with Gasteiger partial charge in [0.25, 0.3) is 5.91 Å². The van der Waals surface area contributed by atoms with Crippen LogP contribution in [0.1, 0.15) is 36.7 Å². The smallest absolute Gasteiger partial charge is 0.289 e. The summed E-state index contributed by atoms with van der Waals surface area (Å²) in [6, 6.07) is 9.91. The summed E-state index contributed by atoms with van der Waals surface area (Å²) in [7, 11) is 0. The second-order valence-electron chi connectivity index (χ2n) is 5.49. The zero-order valence-corrected chi connectivity index (χ0v) is 12.0. The van der Waals surface area contributed by atoms with Crippen LogP contribution >= 0.6 is 0 Å². The molecule has 0 saturated carbocycles. The largest absolute Gasteiger partial charge is 0.451 e. The second-order valence-corrected chi connectivity index (χ2v) is 5.49. The average molecular weight is 287 g/mol. The molecule has 4 heteroatoms. The first-order chi connectivity index (χ1) is 10.2. The Morgan fingerprint density at radius 3 is 2.81 bits per heavy atom. The Balaban J connectivity index is 1.85. The highest BCUT2D eigenvalue weighted by atomic mass is 19.1. The molecule has 3 rings (SSSR count). The van der Waals surface area contributed by atoms with Crippen molar-refractivity contribution in [2.24, 2.45) is 0 Å². The van der Waals surface area contributed by atoms with Crippen molar-refractivity contribution in [1.29, 1.82) is 0 Å². The van der Waals surface area contributed by atoms with Crippen molar-refractivity contribution < 1.29 is 13.6 Å². The molecule has 1 atom stereocenters. The van der Waals surface area contributed by atoms with Crippen LogP contribution in [-0.2, 0) is 0 Å². The van der Waals surface area contributed by atoms with Crippen molar-refractivity contribution in [2.45, 2.75) is 32.2 Å². The van der Waals surface area contributed by atoms with Crippen LogP contribution in [0, 0.1) is 5.82 Å². The number of nitrogens with zero attached hydrogens (tertiary/aromatic N) is 1. The van der Waals surface area contributed by atoms with Crippen molar-refractivity contribution in [2.75, 3.05) is 6.54 Å². The molecule has 1 unspecified atom stereocenters. The summed E-state index contributed by atoms with van der Waals surface area (Å²) >= 11 is 0. The molecule has 2 aromatic rings. The monoisotopic (exact) mass is 287 g/mol. The Bertz CT molecular complexity index is 650. The summed E-state index contributed by atoms with van der Waals surface area (Å²) in [6.45, 7) is 2.81. The quantitative estimate of drug-likeness (QED) is 0.833. The fraction of sp³-hybridized carbons (Fsp3) is 0.353. The normalized spacial score (nSPS) is 18.8. The van der Waals surface area contributed by atoms with Crippen LogP contribution in [0.3, 0.4) is 0 Å². The van der Waals surface area contributed by atoms with E-state index in [0.717, 1.165) is 25.8 Å². The summed E-state index contributed by atoms with van der Waals surface area (Å²) in [5.74, 6) is 0.213. The average Bonchev–Trinajstić information content (AvgIpc) is 2.97. The summed E-state index contributed by atoms with van der Waals surface area (Å²) < 4.78 is 19.3. The minimum Gasteiger partial charge on any atom is -0.451 e. The number of piperidine rings is 1. The van der Waals surface area contributed by atoms with Gasteiger partial charge in [0.2, 0.25) is 0 Å². The van der Waals surface area contributed by atoms with Gasteiger partial charge in [-0.15, -0.1) is 0 Å². The van der Waals surface area contributed by atoms with E-state index in [2.05, 4.69) is 6.92 Å².